The summed E-state index contributed by atoms with van der Waals surface area (Å²) in [5.41, 5.74) is 0. The molecule has 1 heterocycles. The van der Waals surface area contributed by atoms with Crippen LogP contribution >= 0.6 is 0 Å². The van der Waals surface area contributed by atoms with Gasteiger partial charge in [0.15, 0.2) is 0 Å². The quantitative estimate of drug-likeness (QED) is 0.792. The lowest BCUT2D eigenvalue weighted by Gasteiger charge is -2.30. The van der Waals surface area contributed by atoms with Crippen LogP contribution in [0.5, 0.6) is 0 Å². The largest absolute Gasteiger partial charge is 0.315 e. The Morgan fingerprint density at radius 3 is 2.31 bits per heavy atom. The zero-order chi connectivity index (χ0) is 11.4. The number of nitrogens with one attached hydrogen (secondary N) is 1. The van der Waals surface area contributed by atoms with Crippen LogP contribution in [0.1, 0.15) is 39.0 Å². The summed E-state index contributed by atoms with van der Waals surface area (Å²) in [5, 5.41) is 3.27. The molecule has 5 heteroatoms. The number of hydrogen-bond acceptors (Lipinski definition) is 3. The summed E-state index contributed by atoms with van der Waals surface area (Å²) in [4.78, 5) is 0. The van der Waals surface area contributed by atoms with Gasteiger partial charge in [0.1, 0.15) is 0 Å². The van der Waals surface area contributed by atoms with Crippen molar-refractivity contribution in [1.82, 2.24) is 9.62 Å². The summed E-state index contributed by atoms with van der Waals surface area (Å²) in [6, 6.07) is 0.530. The van der Waals surface area contributed by atoms with E-state index in [-0.39, 0.29) is 6.04 Å². The molecule has 16 heavy (non-hydrogen) atoms. The Kier molecular flexibility index (Phi) is 2.36. The number of sulfonamides is 1. The average molecular weight is 244 g/mol. The van der Waals surface area contributed by atoms with Gasteiger partial charge < -0.3 is 5.32 Å². The average Bonchev–Trinajstić information content (AvgIpc) is 3.11. The minimum Gasteiger partial charge on any atom is -0.315 e. The maximum atomic E-state index is 12.6. The Bertz CT molecular complexity index is 379. The van der Waals surface area contributed by atoms with Gasteiger partial charge >= 0.3 is 0 Å². The van der Waals surface area contributed by atoms with Gasteiger partial charge in [-0.05, 0) is 45.6 Å². The third-order valence-electron chi connectivity index (χ3n) is 4.16. The Labute approximate surface area is 97.4 Å². The van der Waals surface area contributed by atoms with Crippen molar-refractivity contribution in [3.05, 3.63) is 0 Å². The molecule has 1 saturated heterocycles. The van der Waals surface area contributed by atoms with Crippen molar-refractivity contribution in [2.45, 2.75) is 55.9 Å². The van der Waals surface area contributed by atoms with Crippen LogP contribution in [-0.4, -0.2) is 42.6 Å². The predicted molar refractivity (Wildman–Crippen MR) is 62.7 cm³/mol. The molecular formula is C11H20N2O2S. The highest BCUT2D eigenvalue weighted by Crippen LogP contribution is 2.48. The lowest BCUT2D eigenvalue weighted by Crippen LogP contribution is -2.47. The van der Waals surface area contributed by atoms with Gasteiger partial charge in [0, 0.05) is 18.6 Å². The third-order valence-corrected chi connectivity index (χ3v) is 6.96. The molecule has 2 saturated carbocycles. The van der Waals surface area contributed by atoms with Crippen LogP contribution in [-0.2, 0) is 10.0 Å². The van der Waals surface area contributed by atoms with E-state index in [1.807, 2.05) is 11.2 Å². The number of nitrogens with zero attached hydrogens (tertiary/aromatic N) is 1. The van der Waals surface area contributed by atoms with Crippen LogP contribution in [0.15, 0.2) is 0 Å². The Balaban J connectivity index is 1.87. The maximum absolute atomic E-state index is 12.6. The summed E-state index contributed by atoms with van der Waals surface area (Å²) in [6.45, 7) is 3.70. The van der Waals surface area contributed by atoms with Gasteiger partial charge in [-0.2, -0.15) is 4.31 Å². The van der Waals surface area contributed by atoms with Crippen molar-refractivity contribution in [2.75, 3.05) is 13.1 Å². The van der Waals surface area contributed by atoms with Gasteiger partial charge in [-0.3, -0.25) is 0 Å². The first-order valence-corrected chi connectivity index (χ1v) is 7.72. The second-order valence-electron chi connectivity index (χ2n) is 5.66. The Morgan fingerprint density at radius 1 is 1.19 bits per heavy atom. The van der Waals surface area contributed by atoms with E-state index >= 15 is 0 Å². The maximum Gasteiger partial charge on any atom is 0.220 e. The molecule has 0 aromatic heterocycles. The third kappa shape index (κ3) is 1.60. The fourth-order valence-corrected chi connectivity index (χ4v) is 4.87. The fourth-order valence-electron chi connectivity index (χ4n) is 2.56. The molecule has 4 nitrogen and oxygen atoms in total. The second kappa shape index (κ2) is 3.43. The first-order chi connectivity index (χ1) is 7.55. The van der Waals surface area contributed by atoms with Crippen molar-refractivity contribution < 1.29 is 8.42 Å². The minimum atomic E-state index is -3.05. The van der Waals surface area contributed by atoms with E-state index in [0.717, 1.165) is 45.2 Å². The highest BCUT2D eigenvalue weighted by Gasteiger charge is 2.56. The van der Waals surface area contributed by atoms with Gasteiger partial charge in [-0.15, -0.1) is 0 Å². The second-order valence-corrected chi connectivity index (χ2v) is 8.02. The standard InChI is InChI=1S/C11H20N2O2S/c1-11(5-6-11)16(14,15)13(9-2-3-9)10-4-7-12-8-10/h9-10,12H,2-8H2,1H3. The molecule has 0 aromatic rings. The van der Waals surface area contributed by atoms with E-state index in [9.17, 15) is 8.42 Å². The molecule has 1 atom stereocenters. The first-order valence-electron chi connectivity index (χ1n) is 6.28. The fraction of sp³-hybridized carbons (Fsp3) is 1.00. The summed E-state index contributed by atoms with van der Waals surface area (Å²) < 4.78 is 26.6. The molecule has 0 aromatic carbocycles. The molecule has 1 N–H and O–H groups in total. The molecule has 1 unspecified atom stereocenters. The lowest BCUT2D eigenvalue weighted by atomic mass is 10.2. The molecule has 0 amide bonds. The van der Waals surface area contributed by atoms with Crippen molar-refractivity contribution in [3.8, 4) is 0 Å². The number of rotatable bonds is 4. The van der Waals surface area contributed by atoms with Gasteiger partial charge in [-0.25, -0.2) is 8.42 Å². The zero-order valence-corrected chi connectivity index (χ0v) is 10.6. The molecule has 92 valence electrons. The lowest BCUT2D eigenvalue weighted by molar-refractivity contribution is 0.322. The topological polar surface area (TPSA) is 49.4 Å². The normalized spacial score (nSPS) is 33.2. The monoisotopic (exact) mass is 244 g/mol. The molecule has 3 aliphatic rings. The van der Waals surface area contributed by atoms with Crippen molar-refractivity contribution in [3.63, 3.8) is 0 Å². The summed E-state index contributed by atoms with van der Waals surface area (Å²) >= 11 is 0. The van der Waals surface area contributed by atoms with Crippen LogP contribution in [0.2, 0.25) is 0 Å². The van der Waals surface area contributed by atoms with Crippen LogP contribution in [0.3, 0.4) is 0 Å². The predicted octanol–water partition coefficient (Wildman–Crippen LogP) is 0.695. The van der Waals surface area contributed by atoms with E-state index in [4.69, 9.17) is 0 Å². The Hall–Kier alpha value is -0.130. The summed E-state index contributed by atoms with van der Waals surface area (Å²) in [6.07, 6.45) is 4.79. The van der Waals surface area contributed by atoms with Crippen LogP contribution in [0.25, 0.3) is 0 Å². The van der Waals surface area contributed by atoms with E-state index in [1.165, 1.54) is 0 Å². The Morgan fingerprint density at radius 2 is 1.88 bits per heavy atom. The SMILES string of the molecule is CC1(S(=O)(=O)N(C2CC2)C2CCNC2)CC1. The highest BCUT2D eigenvalue weighted by molar-refractivity contribution is 7.90. The van der Waals surface area contributed by atoms with Crippen molar-refractivity contribution in [1.29, 1.82) is 0 Å². The van der Waals surface area contributed by atoms with E-state index in [1.54, 1.807) is 0 Å². The van der Waals surface area contributed by atoms with Crippen molar-refractivity contribution >= 4 is 10.0 Å². The van der Waals surface area contributed by atoms with Crippen LogP contribution in [0, 0.1) is 0 Å². The molecule has 1 aliphatic heterocycles. The van der Waals surface area contributed by atoms with Gasteiger partial charge in [0.2, 0.25) is 10.0 Å². The van der Waals surface area contributed by atoms with Crippen LogP contribution < -0.4 is 5.32 Å². The van der Waals surface area contributed by atoms with Crippen LogP contribution in [0.4, 0.5) is 0 Å². The minimum absolute atomic E-state index is 0.218. The zero-order valence-electron chi connectivity index (χ0n) is 9.78. The van der Waals surface area contributed by atoms with E-state index in [2.05, 4.69) is 5.32 Å². The smallest absolute Gasteiger partial charge is 0.220 e. The van der Waals surface area contributed by atoms with Gasteiger partial charge in [0.05, 0.1) is 4.75 Å². The van der Waals surface area contributed by atoms with E-state index in [0.29, 0.717) is 6.04 Å². The van der Waals surface area contributed by atoms with Crippen molar-refractivity contribution in [2.24, 2.45) is 0 Å². The van der Waals surface area contributed by atoms with E-state index < -0.39 is 14.8 Å². The number of hydrogen-bond donors (Lipinski definition) is 1. The molecule has 0 spiro atoms. The van der Waals surface area contributed by atoms with Gasteiger partial charge in [0.25, 0.3) is 0 Å². The highest BCUT2D eigenvalue weighted by atomic mass is 32.2. The molecule has 3 fully saturated rings. The molecule has 2 aliphatic carbocycles. The molecule has 0 radical (unpaired) electrons. The summed E-state index contributed by atoms with van der Waals surface area (Å²) in [5.74, 6) is 0. The first kappa shape index (κ1) is 11.0. The summed E-state index contributed by atoms with van der Waals surface area (Å²) in [7, 11) is -3.05. The molecule has 0 bridgehead atoms. The molecule has 3 rings (SSSR count). The molecular weight excluding hydrogens is 224 g/mol. The van der Waals surface area contributed by atoms with Gasteiger partial charge in [-0.1, -0.05) is 0 Å².